The number of phenolic OH excluding ortho intramolecular Hbond substituents is 1. The van der Waals surface area contributed by atoms with E-state index in [1.54, 1.807) is 13.0 Å². The quantitative estimate of drug-likeness (QED) is 0.882. The predicted molar refractivity (Wildman–Crippen MR) is 77.8 cm³/mol. The van der Waals surface area contributed by atoms with E-state index in [0.717, 1.165) is 12.1 Å². The van der Waals surface area contributed by atoms with Crippen LogP contribution in [0.2, 0.25) is 0 Å². The van der Waals surface area contributed by atoms with E-state index in [1.165, 1.54) is 18.2 Å². The lowest BCUT2D eigenvalue weighted by Crippen LogP contribution is -2.14. The molecule has 2 aromatic carbocycles. The molecule has 2 rings (SSSR count). The summed E-state index contributed by atoms with van der Waals surface area (Å²) in [6.07, 6.45) is 0. The highest BCUT2D eigenvalue weighted by Gasteiger charge is 2.19. The molecule has 0 spiro atoms. The first-order valence-electron chi connectivity index (χ1n) is 5.57. The highest BCUT2D eigenvalue weighted by Crippen LogP contribution is 2.25. The van der Waals surface area contributed by atoms with Gasteiger partial charge in [-0.25, -0.2) is 12.8 Å². The molecule has 0 unspecified atom stereocenters. The van der Waals surface area contributed by atoms with E-state index in [1.807, 2.05) is 0 Å². The lowest BCUT2D eigenvalue weighted by molar-refractivity contribution is 0.471. The van der Waals surface area contributed by atoms with Crippen molar-refractivity contribution in [3.8, 4) is 5.75 Å². The Bertz CT molecular complexity index is 762. The molecule has 2 aromatic rings. The summed E-state index contributed by atoms with van der Waals surface area (Å²) >= 11 is 3.06. The SMILES string of the molecule is Cc1ccc(NS(=O)(=O)c2ccc(Br)cc2F)cc1O. The first kappa shape index (κ1) is 14.8. The normalized spacial score (nSPS) is 11.3. The minimum Gasteiger partial charge on any atom is -0.508 e. The molecule has 106 valence electrons. The third-order valence-electron chi connectivity index (χ3n) is 2.64. The van der Waals surface area contributed by atoms with Crippen LogP contribution in [-0.4, -0.2) is 13.5 Å². The Morgan fingerprint density at radius 1 is 1.20 bits per heavy atom. The Kier molecular flexibility index (Phi) is 4.01. The van der Waals surface area contributed by atoms with Gasteiger partial charge in [0, 0.05) is 10.5 Å². The van der Waals surface area contributed by atoms with Crippen LogP contribution in [-0.2, 0) is 10.0 Å². The van der Waals surface area contributed by atoms with E-state index < -0.39 is 20.7 Å². The Balaban J connectivity index is 2.38. The van der Waals surface area contributed by atoms with Crippen LogP contribution >= 0.6 is 15.9 Å². The lowest BCUT2D eigenvalue weighted by Gasteiger charge is -2.10. The molecular weight excluding hydrogens is 349 g/mol. The molecule has 0 radical (unpaired) electrons. The number of sulfonamides is 1. The number of halogens is 2. The molecule has 0 amide bonds. The van der Waals surface area contributed by atoms with Gasteiger partial charge in [0.25, 0.3) is 10.0 Å². The highest BCUT2D eigenvalue weighted by atomic mass is 79.9. The summed E-state index contributed by atoms with van der Waals surface area (Å²) in [5.41, 5.74) is 0.776. The maximum atomic E-state index is 13.7. The average molecular weight is 360 g/mol. The van der Waals surface area contributed by atoms with Crippen molar-refractivity contribution in [3.63, 3.8) is 0 Å². The van der Waals surface area contributed by atoms with Crippen molar-refractivity contribution in [2.75, 3.05) is 4.72 Å². The summed E-state index contributed by atoms with van der Waals surface area (Å²) in [6, 6.07) is 7.99. The maximum absolute atomic E-state index is 13.7. The Labute approximate surface area is 124 Å². The van der Waals surface area contributed by atoms with Gasteiger partial charge >= 0.3 is 0 Å². The van der Waals surface area contributed by atoms with Crippen LogP contribution in [0.4, 0.5) is 10.1 Å². The summed E-state index contributed by atoms with van der Waals surface area (Å²) in [5, 5.41) is 9.54. The molecule has 7 heteroatoms. The number of phenols is 1. The third kappa shape index (κ3) is 3.10. The first-order chi connectivity index (χ1) is 9.29. The monoisotopic (exact) mass is 359 g/mol. The minimum absolute atomic E-state index is 0.0403. The van der Waals surface area contributed by atoms with Crippen LogP contribution < -0.4 is 4.72 Å². The molecule has 0 aliphatic heterocycles. The third-order valence-corrected chi connectivity index (χ3v) is 4.55. The number of benzene rings is 2. The summed E-state index contributed by atoms with van der Waals surface area (Å²) in [5.74, 6) is -0.898. The number of aromatic hydroxyl groups is 1. The second-order valence-corrected chi connectivity index (χ2v) is 6.75. The molecule has 0 saturated heterocycles. The predicted octanol–water partition coefficient (Wildman–Crippen LogP) is 3.40. The largest absolute Gasteiger partial charge is 0.508 e. The molecule has 0 saturated carbocycles. The van der Waals surface area contributed by atoms with E-state index >= 15 is 0 Å². The van der Waals surface area contributed by atoms with Gasteiger partial charge in [0.05, 0.1) is 5.69 Å². The van der Waals surface area contributed by atoms with E-state index in [0.29, 0.717) is 10.0 Å². The van der Waals surface area contributed by atoms with Gasteiger partial charge in [-0.1, -0.05) is 22.0 Å². The van der Waals surface area contributed by atoms with E-state index in [-0.39, 0.29) is 11.4 Å². The smallest absolute Gasteiger partial charge is 0.264 e. The van der Waals surface area contributed by atoms with Crippen LogP contribution in [0.15, 0.2) is 45.8 Å². The topological polar surface area (TPSA) is 66.4 Å². The number of hydrogen-bond acceptors (Lipinski definition) is 3. The summed E-state index contributed by atoms with van der Waals surface area (Å²) in [6.45, 7) is 1.68. The van der Waals surface area contributed by atoms with Gasteiger partial charge in [-0.15, -0.1) is 0 Å². The van der Waals surface area contributed by atoms with Gasteiger partial charge in [-0.2, -0.15) is 0 Å². The molecule has 0 atom stereocenters. The van der Waals surface area contributed by atoms with Crippen LogP contribution in [0.3, 0.4) is 0 Å². The van der Waals surface area contributed by atoms with Crippen LogP contribution in [0.5, 0.6) is 5.75 Å². The molecule has 0 fully saturated rings. The second kappa shape index (κ2) is 5.41. The second-order valence-electron chi connectivity index (χ2n) is 4.18. The van der Waals surface area contributed by atoms with Crippen LogP contribution in [0.1, 0.15) is 5.56 Å². The fourth-order valence-electron chi connectivity index (χ4n) is 1.58. The lowest BCUT2D eigenvalue weighted by atomic mass is 10.2. The molecule has 20 heavy (non-hydrogen) atoms. The zero-order valence-corrected chi connectivity index (χ0v) is 12.8. The molecule has 0 heterocycles. The van der Waals surface area contributed by atoms with Gasteiger partial charge in [0.2, 0.25) is 0 Å². The van der Waals surface area contributed by atoms with Crippen molar-refractivity contribution in [2.45, 2.75) is 11.8 Å². The van der Waals surface area contributed by atoms with Gasteiger partial charge in [0.1, 0.15) is 16.5 Å². The molecule has 0 bridgehead atoms. The van der Waals surface area contributed by atoms with Crippen molar-refractivity contribution < 1.29 is 17.9 Å². The van der Waals surface area contributed by atoms with Crippen LogP contribution in [0, 0.1) is 12.7 Å². The fraction of sp³-hybridized carbons (Fsp3) is 0.0769. The number of nitrogens with one attached hydrogen (secondary N) is 1. The molecular formula is C13H11BrFNO3S. The number of anilines is 1. The minimum atomic E-state index is -4.05. The van der Waals surface area contributed by atoms with E-state index in [4.69, 9.17) is 0 Å². The molecule has 4 nitrogen and oxygen atoms in total. The molecule has 2 N–H and O–H groups in total. The van der Waals surface area contributed by atoms with Crippen molar-refractivity contribution in [1.82, 2.24) is 0 Å². The molecule has 0 aliphatic rings. The van der Waals surface area contributed by atoms with Gasteiger partial charge in [0.15, 0.2) is 0 Å². The van der Waals surface area contributed by atoms with Gasteiger partial charge in [-0.3, -0.25) is 4.72 Å². The van der Waals surface area contributed by atoms with E-state index in [9.17, 15) is 17.9 Å². The fourth-order valence-corrected chi connectivity index (χ4v) is 3.02. The first-order valence-corrected chi connectivity index (χ1v) is 7.85. The maximum Gasteiger partial charge on any atom is 0.264 e. The van der Waals surface area contributed by atoms with Crippen molar-refractivity contribution in [1.29, 1.82) is 0 Å². The summed E-state index contributed by atoms with van der Waals surface area (Å²) in [4.78, 5) is -0.458. The van der Waals surface area contributed by atoms with Crippen molar-refractivity contribution in [2.24, 2.45) is 0 Å². The Morgan fingerprint density at radius 2 is 1.90 bits per heavy atom. The Hall–Kier alpha value is -1.60. The van der Waals surface area contributed by atoms with Crippen molar-refractivity contribution >= 4 is 31.6 Å². The highest BCUT2D eigenvalue weighted by molar-refractivity contribution is 9.10. The van der Waals surface area contributed by atoms with Gasteiger partial charge in [-0.05, 0) is 36.8 Å². The van der Waals surface area contributed by atoms with E-state index in [2.05, 4.69) is 20.7 Å². The average Bonchev–Trinajstić information content (AvgIpc) is 2.33. The molecule has 0 aromatic heterocycles. The Morgan fingerprint density at radius 3 is 2.50 bits per heavy atom. The zero-order valence-electron chi connectivity index (χ0n) is 10.4. The van der Waals surface area contributed by atoms with Crippen LogP contribution in [0.25, 0.3) is 0 Å². The summed E-state index contributed by atoms with van der Waals surface area (Å²) < 4.78 is 40.5. The van der Waals surface area contributed by atoms with Crippen molar-refractivity contribution in [3.05, 3.63) is 52.3 Å². The van der Waals surface area contributed by atoms with Gasteiger partial charge < -0.3 is 5.11 Å². The number of aryl methyl sites for hydroxylation is 1. The standard InChI is InChI=1S/C13H11BrFNO3S/c1-8-2-4-10(7-12(8)17)16-20(18,19)13-5-3-9(14)6-11(13)15/h2-7,16-17H,1H3. The zero-order chi connectivity index (χ0) is 14.9. The molecule has 0 aliphatic carbocycles. The number of rotatable bonds is 3. The summed E-state index contributed by atoms with van der Waals surface area (Å²) in [7, 11) is -4.05. The number of hydrogen-bond donors (Lipinski definition) is 2.